The molecule has 5 aromatic rings. The molecule has 0 aliphatic carbocycles. The smallest absolute Gasteiger partial charge is 0.407 e. The first kappa shape index (κ1) is 40.1. The number of aromatic nitrogens is 4. The number of carbonyl (C=O) groups excluding carboxylic acids is 4. The molecular formula is C41H45F3N8O6. The summed E-state index contributed by atoms with van der Waals surface area (Å²) in [6.07, 6.45) is -5.36. The summed E-state index contributed by atoms with van der Waals surface area (Å²) >= 11 is 0. The SMILES string of the molecule is COC(=O)NC(CC(F)(F)F)C(=O)N1CCCC1c1nc2ccc(-c3ccc(-c4ccc5nc(C6CCCN6C(=O)C(NC(=O)OC)C(C)C)[nH]c5c4)cc3)cc2[nH]1. The molecule has 4 atom stereocenters. The molecule has 4 heterocycles. The lowest BCUT2D eigenvalue weighted by Crippen LogP contribution is -2.51. The van der Waals surface area contributed by atoms with Crippen LogP contribution in [0, 0.1) is 5.92 Å². The van der Waals surface area contributed by atoms with E-state index in [2.05, 4.69) is 25.0 Å². The number of rotatable bonds is 10. The van der Waals surface area contributed by atoms with Gasteiger partial charge in [0.05, 0.1) is 54.8 Å². The van der Waals surface area contributed by atoms with Gasteiger partial charge < -0.3 is 39.9 Å². The normalized spacial score (nSPS) is 18.1. The van der Waals surface area contributed by atoms with Crippen molar-refractivity contribution in [2.45, 2.75) is 76.3 Å². The first-order valence-electron chi connectivity index (χ1n) is 19.2. The number of likely N-dealkylation sites (tertiary alicyclic amines) is 2. The Labute approximate surface area is 331 Å². The molecule has 0 saturated carbocycles. The Morgan fingerprint density at radius 1 is 0.724 bits per heavy atom. The van der Waals surface area contributed by atoms with Crippen LogP contribution < -0.4 is 10.6 Å². The second-order valence-corrected chi connectivity index (χ2v) is 15.0. The molecule has 0 spiro atoms. The summed E-state index contributed by atoms with van der Waals surface area (Å²) in [5, 5.41) is 4.72. The third-order valence-electron chi connectivity index (χ3n) is 10.9. The summed E-state index contributed by atoms with van der Waals surface area (Å²) < 4.78 is 49.3. The lowest BCUT2D eigenvalue weighted by molar-refractivity contribution is -0.154. The van der Waals surface area contributed by atoms with Crippen molar-refractivity contribution in [3.05, 3.63) is 72.3 Å². The second-order valence-electron chi connectivity index (χ2n) is 15.0. The van der Waals surface area contributed by atoms with Crippen LogP contribution in [0.5, 0.6) is 0 Å². The van der Waals surface area contributed by atoms with Crippen LogP contribution in [0.1, 0.15) is 69.7 Å². The van der Waals surface area contributed by atoms with Crippen LogP contribution in [-0.2, 0) is 19.1 Å². The quantitative estimate of drug-likeness (QED) is 0.115. The molecule has 2 fully saturated rings. The van der Waals surface area contributed by atoms with Crippen molar-refractivity contribution >= 4 is 46.1 Å². The zero-order valence-corrected chi connectivity index (χ0v) is 32.5. The van der Waals surface area contributed by atoms with Crippen molar-refractivity contribution < 1.29 is 41.8 Å². The first-order valence-corrected chi connectivity index (χ1v) is 19.2. The van der Waals surface area contributed by atoms with Gasteiger partial charge in [-0.25, -0.2) is 19.6 Å². The van der Waals surface area contributed by atoms with Gasteiger partial charge in [0.2, 0.25) is 11.8 Å². The maximum Gasteiger partial charge on any atom is 0.407 e. The Morgan fingerprint density at radius 3 is 1.62 bits per heavy atom. The van der Waals surface area contributed by atoms with Gasteiger partial charge in [-0.2, -0.15) is 13.2 Å². The molecule has 2 aliphatic heterocycles. The average molecular weight is 803 g/mol. The van der Waals surface area contributed by atoms with Crippen LogP contribution in [0.3, 0.4) is 0 Å². The largest absolute Gasteiger partial charge is 0.453 e. The highest BCUT2D eigenvalue weighted by atomic mass is 19.4. The van der Waals surface area contributed by atoms with E-state index in [1.807, 2.05) is 79.8 Å². The van der Waals surface area contributed by atoms with E-state index in [4.69, 9.17) is 9.72 Å². The number of ether oxygens (including phenoxy) is 2. The number of fused-ring (bicyclic) bond motifs is 2. The fourth-order valence-corrected chi connectivity index (χ4v) is 7.93. The standard InChI is InChI=1S/C41H45F3N8O6/c1-22(2)34(50-40(56)58-4)38(54)52-18-6-8-33(52)36-46-28-16-14-26(20-30(28)48-36)24-11-9-23(10-12-24)25-13-15-27-29(19-25)47-35(45-27)32-7-5-17-51(32)37(53)31(21-41(42,43)44)49-39(55)57-3/h9-16,19-20,22,31-34H,5-8,17-18,21H2,1-4H3,(H,45,47)(H,46,48)(H,49,55)(H,50,56). The number of aromatic amines is 2. The molecule has 306 valence electrons. The maximum atomic E-state index is 13.6. The summed E-state index contributed by atoms with van der Waals surface area (Å²) in [6.45, 7) is 4.54. The first-order chi connectivity index (χ1) is 27.7. The van der Waals surface area contributed by atoms with E-state index < -0.39 is 48.8 Å². The van der Waals surface area contributed by atoms with Gasteiger partial charge in [-0.05, 0) is 78.1 Å². The van der Waals surface area contributed by atoms with E-state index in [0.717, 1.165) is 53.2 Å². The van der Waals surface area contributed by atoms with Gasteiger partial charge in [-0.15, -0.1) is 0 Å². The molecule has 0 radical (unpaired) electrons. The topological polar surface area (TPSA) is 175 Å². The predicted molar refractivity (Wildman–Crippen MR) is 208 cm³/mol. The van der Waals surface area contributed by atoms with Crippen LogP contribution in [0.4, 0.5) is 22.8 Å². The number of carbonyl (C=O) groups is 4. The summed E-state index contributed by atoms with van der Waals surface area (Å²) in [5.41, 5.74) is 6.77. The molecule has 4 N–H and O–H groups in total. The van der Waals surface area contributed by atoms with Gasteiger partial charge in [0.15, 0.2) is 0 Å². The van der Waals surface area contributed by atoms with Crippen LogP contribution in [0.15, 0.2) is 60.7 Å². The fourth-order valence-electron chi connectivity index (χ4n) is 7.93. The van der Waals surface area contributed by atoms with E-state index >= 15 is 0 Å². The van der Waals surface area contributed by atoms with E-state index in [-0.39, 0.29) is 24.4 Å². The van der Waals surface area contributed by atoms with Crippen LogP contribution in [-0.4, -0.2) is 99.3 Å². The molecule has 3 aromatic carbocycles. The minimum absolute atomic E-state index is 0.136. The van der Waals surface area contributed by atoms with Crippen molar-refractivity contribution in [1.29, 1.82) is 0 Å². The Kier molecular flexibility index (Phi) is 11.3. The Morgan fingerprint density at radius 2 is 1.17 bits per heavy atom. The minimum Gasteiger partial charge on any atom is -0.453 e. The number of benzene rings is 3. The average Bonchev–Trinajstić information content (AvgIpc) is 4.03. The zero-order chi connectivity index (χ0) is 41.3. The van der Waals surface area contributed by atoms with E-state index in [0.29, 0.717) is 42.1 Å². The molecule has 2 aliphatic rings. The number of H-pyrrole nitrogens is 2. The number of imidazole rings is 2. The number of methoxy groups -OCH3 is 2. The second kappa shape index (κ2) is 16.4. The van der Waals surface area contributed by atoms with Crippen molar-refractivity contribution in [2.75, 3.05) is 27.3 Å². The van der Waals surface area contributed by atoms with Gasteiger partial charge in [-0.1, -0.05) is 50.2 Å². The van der Waals surface area contributed by atoms with E-state index in [1.165, 1.54) is 12.0 Å². The Bertz CT molecular complexity index is 2320. The predicted octanol–water partition coefficient (Wildman–Crippen LogP) is 7.16. The summed E-state index contributed by atoms with van der Waals surface area (Å²) in [4.78, 5) is 70.1. The van der Waals surface area contributed by atoms with Crippen molar-refractivity contribution in [2.24, 2.45) is 5.92 Å². The highest BCUT2D eigenvalue weighted by Crippen LogP contribution is 2.36. The van der Waals surface area contributed by atoms with Crippen molar-refractivity contribution in [1.82, 2.24) is 40.4 Å². The van der Waals surface area contributed by atoms with Gasteiger partial charge >= 0.3 is 18.4 Å². The Hall–Kier alpha value is -6.13. The molecule has 2 aromatic heterocycles. The highest BCUT2D eigenvalue weighted by Gasteiger charge is 2.42. The van der Waals surface area contributed by atoms with Crippen LogP contribution in [0.2, 0.25) is 0 Å². The zero-order valence-electron chi connectivity index (χ0n) is 32.5. The summed E-state index contributed by atoms with van der Waals surface area (Å²) in [6, 6.07) is 16.4. The monoisotopic (exact) mass is 802 g/mol. The van der Waals surface area contributed by atoms with Gasteiger partial charge in [0, 0.05) is 13.1 Å². The van der Waals surface area contributed by atoms with Crippen molar-refractivity contribution in [3.63, 3.8) is 0 Å². The number of alkyl halides is 3. The Balaban J connectivity index is 1.06. The third kappa shape index (κ3) is 8.43. The molecular weight excluding hydrogens is 757 g/mol. The lowest BCUT2D eigenvalue weighted by atomic mass is 10.00. The molecule has 17 heteroatoms. The van der Waals surface area contributed by atoms with Crippen LogP contribution >= 0.6 is 0 Å². The third-order valence-corrected chi connectivity index (χ3v) is 10.9. The summed E-state index contributed by atoms with van der Waals surface area (Å²) in [5.74, 6) is -0.00610. The molecule has 58 heavy (non-hydrogen) atoms. The number of halogens is 3. The summed E-state index contributed by atoms with van der Waals surface area (Å²) in [7, 11) is 2.29. The fraction of sp³-hybridized carbons (Fsp3) is 0.415. The molecule has 7 rings (SSSR count). The number of hydrogen-bond acceptors (Lipinski definition) is 8. The number of nitrogens with one attached hydrogen (secondary N) is 4. The number of amides is 4. The van der Waals surface area contributed by atoms with Crippen LogP contribution in [0.25, 0.3) is 44.3 Å². The molecule has 0 bridgehead atoms. The van der Waals surface area contributed by atoms with Gasteiger partial charge in [-0.3, -0.25) is 9.59 Å². The minimum atomic E-state index is -4.69. The molecule has 14 nitrogen and oxygen atoms in total. The van der Waals surface area contributed by atoms with Gasteiger partial charge in [0.25, 0.3) is 0 Å². The van der Waals surface area contributed by atoms with Crippen molar-refractivity contribution in [3.8, 4) is 22.3 Å². The lowest BCUT2D eigenvalue weighted by Gasteiger charge is -2.29. The van der Waals surface area contributed by atoms with Gasteiger partial charge in [0.1, 0.15) is 23.7 Å². The maximum absolute atomic E-state index is 13.6. The molecule has 2 saturated heterocycles. The van der Waals surface area contributed by atoms with E-state index in [1.54, 1.807) is 4.90 Å². The number of nitrogens with zero attached hydrogens (tertiary/aromatic N) is 4. The van der Waals surface area contributed by atoms with E-state index in [9.17, 15) is 32.3 Å². The number of hydrogen-bond donors (Lipinski definition) is 4. The highest BCUT2D eigenvalue weighted by molar-refractivity contribution is 5.88. The molecule has 4 amide bonds. The molecule has 4 unspecified atom stereocenters. The number of alkyl carbamates (subject to hydrolysis) is 2.